The first-order chi connectivity index (χ1) is 6.56. The number of hydrogen-bond donors (Lipinski definition) is 2. The smallest absolute Gasteiger partial charge is 0.488 e. The van der Waals surface area contributed by atoms with E-state index in [1.54, 1.807) is 19.2 Å². The van der Waals surface area contributed by atoms with Gasteiger partial charge in [0.2, 0.25) is 0 Å². The molecule has 0 bridgehead atoms. The van der Waals surface area contributed by atoms with Crippen LogP contribution in [-0.4, -0.2) is 24.3 Å². The zero-order valence-corrected chi connectivity index (χ0v) is 8.69. The van der Waals surface area contributed by atoms with E-state index in [0.29, 0.717) is 17.1 Å². The van der Waals surface area contributed by atoms with Crippen LogP contribution in [-0.2, 0) is 0 Å². The molecule has 0 aromatic heterocycles. The molecular weight excluding hydrogens is 179 g/mol. The summed E-state index contributed by atoms with van der Waals surface area (Å²) in [5.41, 5.74) is 1.52. The number of ether oxygens (including phenoxy) is 1. The predicted octanol–water partition coefficient (Wildman–Crippen LogP) is 0.498. The number of benzene rings is 1. The van der Waals surface area contributed by atoms with Crippen molar-refractivity contribution in [3.63, 3.8) is 0 Å². The number of methoxy groups -OCH3 is 1. The third-order valence-electron chi connectivity index (χ3n) is 2.18. The minimum Gasteiger partial charge on any atom is -0.496 e. The van der Waals surface area contributed by atoms with Crippen molar-refractivity contribution in [2.75, 3.05) is 7.11 Å². The van der Waals surface area contributed by atoms with E-state index in [9.17, 15) is 0 Å². The van der Waals surface area contributed by atoms with Gasteiger partial charge in [0, 0.05) is 0 Å². The molecule has 1 aromatic carbocycles. The van der Waals surface area contributed by atoms with Crippen molar-refractivity contribution in [1.82, 2.24) is 0 Å². The lowest BCUT2D eigenvalue weighted by Gasteiger charge is -2.12. The van der Waals surface area contributed by atoms with Crippen LogP contribution in [0.25, 0.3) is 0 Å². The predicted molar refractivity (Wildman–Crippen MR) is 56.9 cm³/mol. The van der Waals surface area contributed by atoms with Gasteiger partial charge in [0.15, 0.2) is 0 Å². The lowest BCUT2D eigenvalue weighted by Crippen LogP contribution is -2.29. The zero-order chi connectivity index (χ0) is 10.7. The monoisotopic (exact) mass is 194 g/mol. The summed E-state index contributed by atoms with van der Waals surface area (Å²) in [6.07, 6.45) is 0. The van der Waals surface area contributed by atoms with Gasteiger partial charge < -0.3 is 14.8 Å². The molecule has 0 spiro atoms. The van der Waals surface area contributed by atoms with Gasteiger partial charge in [0.05, 0.1) is 7.11 Å². The lowest BCUT2D eigenvalue weighted by atomic mass is 9.79. The van der Waals surface area contributed by atoms with Gasteiger partial charge in [-0.05, 0) is 23.0 Å². The summed E-state index contributed by atoms with van der Waals surface area (Å²) >= 11 is 0. The van der Waals surface area contributed by atoms with E-state index in [-0.39, 0.29) is 0 Å². The summed E-state index contributed by atoms with van der Waals surface area (Å²) in [5.74, 6) is 1.06. The quantitative estimate of drug-likeness (QED) is 0.688. The van der Waals surface area contributed by atoms with Gasteiger partial charge in [-0.2, -0.15) is 0 Å². The van der Waals surface area contributed by atoms with Crippen molar-refractivity contribution in [1.29, 1.82) is 0 Å². The fourth-order valence-corrected chi connectivity index (χ4v) is 1.37. The largest absolute Gasteiger partial charge is 0.496 e. The second-order valence-electron chi connectivity index (χ2n) is 3.53. The van der Waals surface area contributed by atoms with Gasteiger partial charge in [-0.25, -0.2) is 0 Å². The Morgan fingerprint density at radius 2 is 1.93 bits per heavy atom. The summed E-state index contributed by atoms with van der Waals surface area (Å²) in [6, 6.07) is 5.21. The molecule has 2 N–H and O–H groups in total. The maximum Gasteiger partial charge on any atom is 0.488 e. The van der Waals surface area contributed by atoms with Crippen LogP contribution in [0.3, 0.4) is 0 Å². The summed E-state index contributed by atoms with van der Waals surface area (Å²) < 4.78 is 5.18. The Morgan fingerprint density at radius 3 is 2.36 bits per heavy atom. The second-order valence-corrected chi connectivity index (χ2v) is 3.53. The number of rotatable bonds is 3. The zero-order valence-electron chi connectivity index (χ0n) is 8.69. The molecule has 0 fully saturated rings. The van der Waals surface area contributed by atoms with Gasteiger partial charge in [-0.15, -0.1) is 0 Å². The summed E-state index contributed by atoms with van der Waals surface area (Å²) in [4.78, 5) is 0. The van der Waals surface area contributed by atoms with E-state index >= 15 is 0 Å². The van der Waals surface area contributed by atoms with Crippen LogP contribution >= 0.6 is 0 Å². The van der Waals surface area contributed by atoms with Gasteiger partial charge in [0.1, 0.15) is 5.75 Å². The molecule has 1 aromatic rings. The Labute approximate surface area is 84.5 Å². The van der Waals surface area contributed by atoms with Crippen LogP contribution < -0.4 is 10.2 Å². The maximum absolute atomic E-state index is 8.97. The first kappa shape index (κ1) is 11.1. The van der Waals surface area contributed by atoms with Crippen molar-refractivity contribution in [2.24, 2.45) is 0 Å². The summed E-state index contributed by atoms with van der Waals surface area (Å²) in [6.45, 7) is 4.12. The van der Waals surface area contributed by atoms with Crippen molar-refractivity contribution < 1.29 is 14.8 Å². The minimum absolute atomic E-state index is 0.356. The fourth-order valence-electron chi connectivity index (χ4n) is 1.37. The molecule has 14 heavy (non-hydrogen) atoms. The number of hydrogen-bond acceptors (Lipinski definition) is 3. The topological polar surface area (TPSA) is 49.7 Å². The standard InChI is InChI=1S/C10H15BO3/c1-7(2)9-5-4-8(11(12)13)6-10(9)14-3/h4-7,12-13H,1-3H3. The molecule has 0 heterocycles. The molecule has 0 amide bonds. The first-order valence-electron chi connectivity index (χ1n) is 4.60. The van der Waals surface area contributed by atoms with Gasteiger partial charge in [-0.3, -0.25) is 0 Å². The van der Waals surface area contributed by atoms with Crippen LogP contribution in [0.15, 0.2) is 18.2 Å². The molecule has 4 heteroatoms. The van der Waals surface area contributed by atoms with Crippen molar-refractivity contribution in [3.8, 4) is 5.75 Å². The Balaban J connectivity index is 3.11. The highest BCUT2D eigenvalue weighted by Gasteiger charge is 2.14. The Bertz CT molecular complexity index is 310. The van der Waals surface area contributed by atoms with Crippen LogP contribution in [0.2, 0.25) is 0 Å². The Morgan fingerprint density at radius 1 is 1.29 bits per heavy atom. The van der Waals surface area contributed by atoms with Gasteiger partial charge >= 0.3 is 7.12 Å². The average molecular weight is 194 g/mol. The second kappa shape index (κ2) is 4.48. The summed E-state index contributed by atoms with van der Waals surface area (Å²) in [7, 11) is 0.138. The van der Waals surface area contributed by atoms with Gasteiger partial charge in [0.25, 0.3) is 0 Å². The van der Waals surface area contributed by atoms with E-state index in [4.69, 9.17) is 14.8 Å². The molecule has 0 saturated heterocycles. The van der Waals surface area contributed by atoms with Crippen LogP contribution in [0, 0.1) is 0 Å². The molecule has 0 aliphatic heterocycles. The molecule has 0 atom stereocenters. The molecular formula is C10H15BO3. The Hall–Kier alpha value is -0.995. The minimum atomic E-state index is -1.44. The fraction of sp³-hybridized carbons (Fsp3) is 0.400. The summed E-state index contributed by atoms with van der Waals surface area (Å²) in [5, 5.41) is 17.9. The molecule has 0 radical (unpaired) electrons. The maximum atomic E-state index is 8.97. The first-order valence-corrected chi connectivity index (χ1v) is 4.60. The molecule has 1 rings (SSSR count). The van der Waals surface area contributed by atoms with E-state index in [1.807, 2.05) is 6.07 Å². The molecule has 3 nitrogen and oxygen atoms in total. The van der Waals surface area contributed by atoms with E-state index in [0.717, 1.165) is 5.56 Å². The SMILES string of the molecule is COc1cc(B(O)O)ccc1C(C)C. The van der Waals surface area contributed by atoms with E-state index in [1.165, 1.54) is 0 Å². The highest BCUT2D eigenvalue weighted by atomic mass is 16.5. The molecule has 0 unspecified atom stereocenters. The van der Waals surface area contributed by atoms with Crippen LogP contribution in [0.1, 0.15) is 25.3 Å². The highest BCUT2D eigenvalue weighted by Crippen LogP contribution is 2.24. The van der Waals surface area contributed by atoms with Gasteiger partial charge in [-0.1, -0.05) is 26.0 Å². The normalized spacial score (nSPS) is 10.4. The van der Waals surface area contributed by atoms with Crippen molar-refractivity contribution in [3.05, 3.63) is 23.8 Å². The molecule has 76 valence electrons. The van der Waals surface area contributed by atoms with Crippen molar-refractivity contribution >= 4 is 12.6 Å². The molecule has 0 saturated carbocycles. The van der Waals surface area contributed by atoms with E-state index < -0.39 is 7.12 Å². The van der Waals surface area contributed by atoms with Crippen molar-refractivity contribution in [2.45, 2.75) is 19.8 Å². The third-order valence-corrected chi connectivity index (χ3v) is 2.18. The third kappa shape index (κ3) is 2.27. The highest BCUT2D eigenvalue weighted by molar-refractivity contribution is 6.58. The lowest BCUT2D eigenvalue weighted by molar-refractivity contribution is 0.405. The van der Waals surface area contributed by atoms with Crippen LogP contribution in [0.5, 0.6) is 5.75 Å². The van der Waals surface area contributed by atoms with E-state index in [2.05, 4.69) is 13.8 Å². The average Bonchev–Trinajstić information content (AvgIpc) is 2.16. The molecule has 0 aliphatic rings. The Kier molecular flexibility index (Phi) is 3.55. The molecule has 0 aliphatic carbocycles. The van der Waals surface area contributed by atoms with Crippen LogP contribution in [0.4, 0.5) is 0 Å².